The first kappa shape index (κ1) is 9.61. The smallest absolute Gasteiger partial charge is 0.243 e. The maximum Gasteiger partial charge on any atom is 0.243 e. The summed E-state index contributed by atoms with van der Waals surface area (Å²) in [5.41, 5.74) is 0. The molecule has 78 valence electrons. The molecule has 2 N–H and O–H groups in total. The summed E-state index contributed by atoms with van der Waals surface area (Å²) in [5.74, 6) is 1.36. The summed E-state index contributed by atoms with van der Waals surface area (Å²) in [6.07, 6.45) is 2.23. The first-order valence-corrected chi connectivity index (χ1v) is 5.03. The number of aliphatic hydroxyl groups is 1. The average Bonchev–Trinajstić information content (AvgIpc) is 2.74. The van der Waals surface area contributed by atoms with E-state index < -0.39 is 0 Å². The normalized spacial score (nSPS) is 27.0. The molecule has 0 spiro atoms. The molecule has 2 atom stereocenters. The molecule has 2 heterocycles. The molecule has 1 aromatic rings. The van der Waals surface area contributed by atoms with Crippen LogP contribution >= 0.6 is 0 Å². The summed E-state index contributed by atoms with van der Waals surface area (Å²) in [7, 11) is 0. The number of hydrogen-bond donors (Lipinski definition) is 2. The molecule has 0 bridgehead atoms. The van der Waals surface area contributed by atoms with E-state index in [1.165, 1.54) is 0 Å². The van der Waals surface area contributed by atoms with E-state index >= 15 is 0 Å². The van der Waals surface area contributed by atoms with Crippen LogP contribution in [0.5, 0.6) is 0 Å². The van der Waals surface area contributed by atoms with E-state index in [0.29, 0.717) is 18.9 Å². The highest BCUT2D eigenvalue weighted by Crippen LogP contribution is 2.21. The second-order valence-corrected chi connectivity index (χ2v) is 3.65. The quantitative estimate of drug-likeness (QED) is 0.734. The van der Waals surface area contributed by atoms with Gasteiger partial charge in [-0.2, -0.15) is 4.98 Å². The molecule has 1 aromatic heterocycles. The number of rotatable bonds is 3. The molecule has 0 amide bonds. The van der Waals surface area contributed by atoms with Gasteiger partial charge in [-0.15, -0.1) is 0 Å². The highest BCUT2D eigenvalue weighted by atomic mass is 16.5. The predicted octanol–water partition coefficient (Wildman–Crippen LogP) is 0.417. The molecule has 14 heavy (non-hydrogen) atoms. The van der Waals surface area contributed by atoms with Crippen LogP contribution in [0.4, 0.5) is 0 Å². The molecule has 0 aliphatic carbocycles. The largest absolute Gasteiger partial charge is 0.392 e. The summed E-state index contributed by atoms with van der Waals surface area (Å²) in [6.45, 7) is 2.68. The Labute approximate surface area is 82.5 Å². The van der Waals surface area contributed by atoms with Gasteiger partial charge in [0.05, 0.1) is 12.1 Å². The summed E-state index contributed by atoms with van der Waals surface area (Å²) >= 11 is 0. The highest BCUT2D eigenvalue weighted by Gasteiger charge is 2.27. The molecule has 0 saturated carbocycles. The number of β-amino-alcohol motifs (C(OH)–C–C–N with tert-alkyl or cyclic N) is 1. The van der Waals surface area contributed by atoms with Crippen LogP contribution in [0.1, 0.15) is 37.5 Å². The van der Waals surface area contributed by atoms with Gasteiger partial charge in [-0.1, -0.05) is 12.1 Å². The maximum atomic E-state index is 9.32. The SMILES string of the molecule is CCCc1noc([C@H]2C[C@H](O)CN2)n1. The van der Waals surface area contributed by atoms with Crippen molar-refractivity contribution in [1.82, 2.24) is 15.5 Å². The molecule has 0 aromatic carbocycles. The van der Waals surface area contributed by atoms with Gasteiger partial charge in [-0.05, 0) is 12.8 Å². The Morgan fingerprint density at radius 3 is 3.14 bits per heavy atom. The van der Waals surface area contributed by atoms with E-state index in [0.717, 1.165) is 18.7 Å². The van der Waals surface area contributed by atoms with E-state index in [9.17, 15) is 5.11 Å². The van der Waals surface area contributed by atoms with Crippen molar-refractivity contribution in [3.8, 4) is 0 Å². The lowest BCUT2D eigenvalue weighted by atomic mass is 10.2. The Bertz CT molecular complexity index is 300. The molecule has 1 saturated heterocycles. The summed E-state index contributed by atoms with van der Waals surface area (Å²) < 4.78 is 5.11. The van der Waals surface area contributed by atoms with Crippen molar-refractivity contribution in [2.45, 2.75) is 38.3 Å². The van der Waals surface area contributed by atoms with Crippen LogP contribution < -0.4 is 5.32 Å². The molecule has 1 aliphatic rings. The first-order chi connectivity index (χ1) is 6.79. The minimum atomic E-state index is -0.290. The van der Waals surface area contributed by atoms with Crippen LogP contribution in [0.15, 0.2) is 4.52 Å². The topological polar surface area (TPSA) is 71.2 Å². The monoisotopic (exact) mass is 197 g/mol. The van der Waals surface area contributed by atoms with Crippen LogP contribution in [0, 0.1) is 0 Å². The van der Waals surface area contributed by atoms with Gasteiger partial charge in [0.25, 0.3) is 0 Å². The third kappa shape index (κ3) is 1.93. The second-order valence-electron chi connectivity index (χ2n) is 3.65. The van der Waals surface area contributed by atoms with E-state index in [1.807, 2.05) is 0 Å². The zero-order valence-corrected chi connectivity index (χ0v) is 8.23. The van der Waals surface area contributed by atoms with Gasteiger partial charge < -0.3 is 14.9 Å². The predicted molar refractivity (Wildman–Crippen MR) is 49.7 cm³/mol. The Hall–Kier alpha value is -0.940. The number of aliphatic hydroxyl groups excluding tert-OH is 1. The lowest BCUT2D eigenvalue weighted by Gasteiger charge is -2.01. The van der Waals surface area contributed by atoms with Crippen molar-refractivity contribution in [2.75, 3.05) is 6.54 Å². The van der Waals surface area contributed by atoms with Gasteiger partial charge in [0.15, 0.2) is 5.82 Å². The van der Waals surface area contributed by atoms with Crippen LogP contribution in [0.3, 0.4) is 0 Å². The minimum absolute atomic E-state index is 0.0307. The fourth-order valence-corrected chi connectivity index (χ4v) is 1.64. The zero-order valence-electron chi connectivity index (χ0n) is 8.23. The Morgan fingerprint density at radius 2 is 2.50 bits per heavy atom. The van der Waals surface area contributed by atoms with Crippen molar-refractivity contribution >= 4 is 0 Å². The van der Waals surface area contributed by atoms with Crippen molar-refractivity contribution in [3.05, 3.63) is 11.7 Å². The van der Waals surface area contributed by atoms with Gasteiger partial charge in [-0.25, -0.2) is 0 Å². The van der Waals surface area contributed by atoms with Crippen LogP contribution in [-0.4, -0.2) is 27.9 Å². The number of nitrogens with zero attached hydrogens (tertiary/aromatic N) is 2. The van der Waals surface area contributed by atoms with Crippen molar-refractivity contribution < 1.29 is 9.63 Å². The van der Waals surface area contributed by atoms with E-state index in [1.54, 1.807) is 0 Å². The Kier molecular flexibility index (Phi) is 2.79. The number of hydrogen-bond acceptors (Lipinski definition) is 5. The summed E-state index contributed by atoms with van der Waals surface area (Å²) in [5, 5.41) is 16.3. The molecule has 5 heteroatoms. The zero-order chi connectivity index (χ0) is 9.97. The second kappa shape index (κ2) is 4.06. The number of nitrogens with one attached hydrogen (secondary N) is 1. The third-order valence-electron chi connectivity index (χ3n) is 2.36. The average molecular weight is 197 g/mol. The fraction of sp³-hybridized carbons (Fsp3) is 0.778. The molecule has 1 aliphatic heterocycles. The lowest BCUT2D eigenvalue weighted by molar-refractivity contribution is 0.191. The molecule has 0 radical (unpaired) electrons. The Morgan fingerprint density at radius 1 is 1.64 bits per heavy atom. The molecular weight excluding hydrogens is 182 g/mol. The van der Waals surface area contributed by atoms with E-state index in [4.69, 9.17) is 4.52 Å². The van der Waals surface area contributed by atoms with Crippen LogP contribution in [-0.2, 0) is 6.42 Å². The fourth-order valence-electron chi connectivity index (χ4n) is 1.64. The minimum Gasteiger partial charge on any atom is -0.392 e. The van der Waals surface area contributed by atoms with Gasteiger partial charge in [-0.3, -0.25) is 0 Å². The van der Waals surface area contributed by atoms with Crippen molar-refractivity contribution in [3.63, 3.8) is 0 Å². The summed E-state index contributed by atoms with van der Waals surface area (Å²) in [4.78, 5) is 4.27. The van der Waals surface area contributed by atoms with Gasteiger partial charge in [0, 0.05) is 13.0 Å². The van der Waals surface area contributed by atoms with Crippen molar-refractivity contribution in [2.24, 2.45) is 0 Å². The molecular formula is C9H15N3O2. The third-order valence-corrected chi connectivity index (χ3v) is 2.36. The standard InChI is InChI=1S/C9H15N3O2/c1-2-3-8-11-9(14-12-8)7-4-6(13)5-10-7/h6-7,10,13H,2-5H2,1H3/t6-,7+/m0/s1. The molecule has 5 nitrogen and oxygen atoms in total. The lowest BCUT2D eigenvalue weighted by Crippen LogP contribution is -2.15. The van der Waals surface area contributed by atoms with Crippen LogP contribution in [0.25, 0.3) is 0 Å². The van der Waals surface area contributed by atoms with Gasteiger partial charge in [0.2, 0.25) is 5.89 Å². The van der Waals surface area contributed by atoms with Crippen molar-refractivity contribution in [1.29, 1.82) is 0 Å². The van der Waals surface area contributed by atoms with E-state index in [2.05, 4.69) is 22.4 Å². The summed E-state index contributed by atoms with van der Waals surface area (Å²) in [6, 6.07) is 0.0307. The highest BCUT2D eigenvalue weighted by molar-refractivity contribution is 4.97. The van der Waals surface area contributed by atoms with Gasteiger partial charge in [0.1, 0.15) is 0 Å². The maximum absolute atomic E-state index is 9.32. The molecule has 2 rings (SSSR count). The van der Waals surface area contributed by atoms with Crippen LogP contribution in [0.2, 0.25) is 0 Å². The molecule has 1 fully saturated rings. The number of aromatic nitrogens is 2. The van der Waals surface area contributed by atoms with Gasteiger partial charge >= 0.3 is 0 Å². The first-order valence-electron chi connectivity index (χ1n) is 5.03. The Balaban J connectivity index is 2.02. The number of aryl methyl sites for hydroxylation is 1. The molecule has 0 unspecified atom stereocenters. The van der Waals surface area contributed by atoms with E-state index in [-0.39, 0.29) is 12.1 Å².